The maximum Gasteiger partial charge on any atom is 0.416 e. The van der Waals surface area contributed by atoms with Gasteiger partial charge in [0.2, 0.25) is 0 Å². The van der Waals surface area contributed by atoms with Crippen molar-refractivity contribution in [1.82, 2.24) is 14.9 Å². The van der Waals surface area contributed by atoms with E-state index in [2.05, 4.69) is 10.3 Å². The van der Waals surface area contributed by atoms with Gasteiger partial charge < -0.3 is 14.6 Å². The van der Waals surface area contributed by atoms with Gasteiger partial charge >= 0.3 is 6.18 Å². The zero-order valence-electron chi connectivity index (χ0n) is 13.7. The molecule has 1 aliphatic rings. The third-order valence-corrected chi connectivity index (χ3v) is 4.37. The number of halogens is 4. The second-order valence-corrected chi connectivity index (χ2v) is 5.94. The molecule has 1 fully saturated rings. The number of aryl methyl sites for hydroxylation is 1. The number of nitrogens with one attached hydrogen (secondary N) is 1. The fourth-order valence-corrected chi connectivity index (χ4v) is 3.11. The van der Waals surface area contributed by atoms with E-state index in [4.69, 9.17) is 4.74 Å². The van der Waals surface area contributed by atoms with Crippen LogP contribution in [0.3, 0.4) is 0 Å². The third kappa shape index (κ3) is 3.85. The van der Waals surface area contributed by atoms with Gasteiger partial charge in [-0.3, -0.25) is 0 Å². The highest BCUT2D eigenvalue weighted by Crippen LogP contribution is 2.33. The normalized spacial score (nSPS) is 21.0. The van der Waals surface area contributed by atoms with Crippen LogP contribution in [0.5, 0.6) is 0 Å². The molecule has 2 heterocycles. The summed E-state index contributed by atoms with van der Waals surface area (Å²) < 4.78 is 60.2. The molecular weight excluding hydrogens is 338 g/mol. The van der Waals surface area contributed by atoms with Crippen LogP contribution in [-0.4, -0.2) is 22.2 Å². The number of imidazole rings is 1. The van der Waals surface area contributed by atoms with Crippen LogP contribution in [0, 0.1) is 5.82 Å². The van der Waals surface area contributed by atoms with E-state index in [0.29, 0.717) is 19.1 Å². The summed E-state index contributed by atoms with van der Waals surface area (Å²) in [5.41, 5.74) is -0.941. The minimum absolute atomic E-state index is 0.0124. The summed E-state index contributed by atoms with van der Waals surface area (Å²) in [4.78, 5) is 4.31. The lowest BCUT2D eigenvalue weighted by Crippen LogP contribution is -2.33. The summed E-state index contributed by atoms with van der Waals surface area (Å²) in [7, 11) is 0. The van der Waals surface area contributed by atoms with Crippen molar-refractivity contribution in [2.45, 2.75) is 44.8 Å². The van der Waals surface area contributed by atoms with Crippen molar-refractivity contribution in [3.63, 3.8) is 0 Å². The summed E-state index contributed by atoms with van der Waals surface area (Å²) in [5.74, 6) is -0.143. The van der Waals surface area contributed by atoms with Crippen LogP contribution >= 0.6 is 0 Å². The van der Waals surface area contributed by atoms with Crippen LogP contribution in [-0.2, 0) is 24.0 Å². The molecule has 0 radical (unpaired) electrons. The largest absolute Gasteiger partial charge is 0.416 e. The van der Waals surface area contributed by atoms with Crippen LogP contribution in [0.15, 0.2) is 30.6 Å². The Labute approximate surface area is 142 Å². The molecule has 1 aromatic heterocycles. The van der Waals surface area contributed by atoms with E-state index in [-0.39, 0.29) is 24.3 Å². The smallest absolute Gasteiger partial charge is 0.369 e. The molecule has 0 aliphatic carbocycles. The molecule has 0 spiro atoms. The number of aromatic nitrogens is 2. The van der Waals surface area contributed by atoms with Gasteiger partial charge in [-0.15, -0.1) is 0 Å². The van der Waals surface area contributed by atoms with E-state index >= 15 is 0 Å². The van der Waals surface area contributed by atoms with E-state index < -0.39 is 17.6 Å². The van der Waals surface area contributed by atoms with Gasteiger partial charge in [-0.2, -0.15) is 13.2 Å². The lowest BCUT2D eigenvalue weighted by Gasteiger charge is -2.21. The van der Waals surface area contributed by atoms with Crippen molar-refractivity contribution >= 4 is 0 Å². The number of alkyl halides is 3. The van der Waals surface area contributed by atoms with Crippen molar-refractivity contribution in [2.24, 2.45) is 0 Å². The van der Waals surface area contributed by atoms with Crippen LogP contribution in [0.4, 0.5) is 17.6 Å². The van der Waals surface area contributed by atoms with Gasteiger partial charge in [0.1, 0.15) is 17.7 Å². The first kappa shape index (κ1) is 17.9. The fraction of sp³-hybridized carbons (Fsp3) is 0.471. The van der Waals surface area contributed by atoms with Crippen LogP contribution in [0.25, 0.3) is 0 Å². The Kier molecular flexibility index (Phi) is 5.10. The zero-order valence-corrected chi connectivity index (χ0v) is 13.7. The lowest BCUT2D eigenvalue weighted by molar-refractivity contribution is -0.138. The van der Waals surface area contributed by atoms with Gasteiger partial charge in [0, 0.05) is 38.1 Å². The fourth-order valence-electron chi connectivity index (χ4n) is 3.11. The number of hydrogen-bond donors (Lipinski definition) is 1. The summed E-state index contributed by atoms with van der Waals surface area (Å²) >= 11 is 0. The van der Waals surface area contributed by atoms with Crippen molar-refractivity contribution in [1.29, 1.82) is 0 Å². The molecule has 0 bridgehead atoms. The first-order chi connectivity index (χ1) is 11.9. The standard InChI is InChI=1S/C17H19F4N3O/c1-2-24-7-6-22-16(24)15-14(5-8-25-15)23-10-11-3-4-12(18)9-13(11)17(19,20)21/h3-4,6-7,9,14-15,23H,2,5,8,10H2,1H3/t14-,15-/m0/s1. The molecule has 3 rings (SSSR count). The minimum atomic E-state index is -4.59. The minimum Gasteiger partial charge on any atom is -0.369 e. The van der Waals surface area contributed by atoms with Gasteiger partial charge in [-0.25, -0.2) is 9.37 Å². The Hall–Kier alpha value is -1.93. The highest BCUT2D eigenvalue weighted by molar-refractivity contribution is 5.30. The Morgan fingerprint density at radius 2 is 2.16 bits per heavy atom. The molecule has 25 heavy (non-hydrogen) atoms. The first-order valence-corrected chi connectivity index (χ1v) is 8.11. The van der Waals surface area contributed by atoms with E-state index in [1.54, 1.807) is 6.20 Å². The number of hydrogen-bond acceptors (Lipinski definition) is 3. The Morgan fingerprint density at radius 3 is 2.88 bits per heavy atom. The molecule has 1 aliphatic heterocycles. The average Bonchev–Trinajstić information content (AvgIpc) is 3.20. The molecule has 8 heteroatoms. The summed E-state index contributed by atoms with van der Waals surface area (Å²) in [6, 6.07) is 2.59. The predicted molar refractivity (Wildman–Crippen MR) is 83.2 cm³/mol. The predicted octanol–water partition coefficient (Wildman–Crippen LogP) is 3.68. The molecule has 1 saturated heterocycles. The van der Waals surface area contributed by atoms with Gasteiger partial charge in [0.15, 0.2) is 0 Å². The summed E-state index contributed by atoms with van der Waals surface area (Å²) in [6.45, 7) is 3.20. The second kappa shape index (κ2) is 7.13. The first-order valence-electron chi connectivity index (χ1n) is 8.11. The Bertz CT molecular complexity index is 729. The summed E-state index contributed by atoms with van der Waals surface area (Å²) in [6.07, 6.45) is -0.716. The van der Waals surface area contributed by atoms with Gasteiger partial charge in [-0.05, 0) is 31.0 Å². The van der Waals surface area contributed by atoms with E-state index in [1.807, 2.05) is 17.7 Å². The molecule has 4 nitrogen and oxygen atoms in total. The van der Waals surface area contributed by atoms with Gasteiger partial charge in [0.05, 0.1) is 5.56 Å². The zero-order chi connectivity index (χ0) is 18.0. The molecule has 136 valence electrons. The Balaban J connectivity index is 1.75. The van der Waals surface area contributed by atoms with Gasteiger partial charge in [0.25, 0.3) is 0 Å². The van der Waals surface area contributed by atoms with Crippen molar-refractivity contribution < 1.29 is 22.3 Å². The lowest BCUT2D eigenvalue weighted by atomic mass is 10.0. The Morgan fingerprint density at radius 1 is 1.36 bits per heavy atom. The molecule has 0 amide bonds. The molecule has 1 aromatic carbocycles. The molecule has 0 saturated carbocycles. The van der Waals surface area contributed by atoms with Crippen molar-refractivity contribution in [3.05, 3.63) is 53.4 Å². The number of ether oxygens (including phenoxy) is 1. The maximum atomic E-state index is 13.2. The van der Waals surface area contributed by atoms with Crippen LogP contribution < -0.4 is 5.32 Å². The monoisotopic (exact) mass is 357 g/mol. The van der Waals surface area contributed by atoms with E-state index in [0.717, 1.165) is 18.4 Å². The third-order valence-electron chi connectivity index (χ3n) is 4.37. The average molecular weight is 357 g/mol. The number of nitrogens with zero attached hydrogens (tertiary/aromatic N) is 2. The molecule has 0 unspecified atom stereocenters. The van der Waals surface area contributed by atoms with Gasteiger partial charge in [-0.1, -0.05) is 6.07 Å². The SMILES string of the molecule is CCn1ccnc1[C@H]1OCC[C@@H]1NCc1ccc(F)cc1C(F)(F)F. The van der Waals surface area contributed by atoms with Crippen molar-refractivity contribution in [3.8, 4) is 0 Å². The molecule has 2 atom stereocenters. The van der Waals surface area contributed by atoms with Crippen LogP contribution in [0.2, 0.25) is 0 Å². The highest BCUT2D eigenvalue weighted by atomic mass is 19.4. The van der Waals surface area contributed by atoms with Crippen LogP contribution in [0.1, 0.15) is 36.4 Å². The second-order valence-electron chi connectivity index (χ2n) is 5.94. The number of benzene rings is 1. The molecule has 1 N–H and O–H groups in total. The molecule has 2 aromatic rings. The quantitative estimate of drug-likeness (QED) is 0.830. The number of rotatable bonds is 5. The highest BCUT2D eigenvalue weighted by Gasteiger charge is 2.35. The molecular formula is C17H19F4N3O. The van der Waals surface area contributed by atoms with E-state index in [9.17, 15) is 17.6 Å². The summed E-state index contributed by atoms with van der Waals surface area (Å²) in [5, 5.41) is 3.12. The topological polar surface area (TPSA) is 39.1 Å². The maximum absolute atomic E-state index is 13.2. The van der Waals surface area contributed by atoms with Crippen molar-refractivity contribution in [2.75, 3.05) is 6.61 Å². The van der Waals surface area contributed by atoms with E-state index in [1.165, 1.54) is 6.07 Å².